The first kappa shape index (κ1) is 18.5. The lowest BCUT2D eigenvalue weighted by Gasteiger charge is -2.31. The quantitative estimate of drug-likeness (QED) is 0.776. The van der Waals surface area contributed by atoms with Crippen LogP contribution in [0.1, 0.15) is 19.4 Å². The van der Waals surface area contributed by atoms with E-state index < -0.39 is 0 Å². The summed E-state index contributed by atoms with van der Waals surface area (Å²) in [4.78, 5) is 26.2. The van der Waals surface area contributed by atoms with Crippen molar-refractivity contribution >= 4 is 35.7 Å². The molecule has 1 aromatic carbocycles. The second kappa shape index (κ2) is 7.85. The van der Waals surface area contributed by atoms with Crippen LogP contribution < -0.4 is 20.9 Å². The lowest BCUT2D eigenvalue weighted by molar-refractivity contribution is -0.121. The van der Waals surface area contributed by atoms with E-state index in [-0.39, 0.29) is 30.3 Å². The summed E-state index contributed by atoms with van der Waals surface area (Å²) in [5, 5.41) is 9.01. The number of fused-ring (bicyclic) bond motifs is 1. The first-order valence-electron chi connectivity index (χ1n) is 8.30. The number of hydrogen-bond donors (Lipinski definition) is 3. The average Bonchev–Trinajstić information content (AvgIpc) is 2.88. The number of nitrogens with zero attached hydrogens (tertiary/aromatic N) is 1. The highest BCUT2D eigenvalue weighted by molar-refractivity contribution is 5.97. The number of anilines is 2. The summed E-state index contributed by atoms with van der Waals surface area (Å²) in [6.07, 6.45) is 0.852. The van der Waals surface area contributed by atoms with E-state index in [1.54, 1.807) is 4.90 Å². The normalized spacial score (nSPS) is 17.3. The van der Waals surface area contributed by atoms with E-state index in [0.29, 0.717) is 19.0 Å². The number of carbonyl (C=O) groups excluding carboxylic acids is 2. The van der Waals surface area contributed by atoms with Gasteiger partial charge in [-0.15, -0.1) is 12.4 Å². The van der Waals surface area contributed by atoms with Gasteiger partial charge in [0.1, 0.15) is 0 Å². The summed E-state index contributed by atoms with van der Waals surface area (Å²) in [7, 11) is 0. The molecule has 1 saturated heterocycles. The number of amides is 3. The van der Waals surface area contributed by atoms with Crippen molar-refractivity contribution in [2.24, 2.45) is 11.8 Å². The first-order chi connectivity index (χ1) is 11.1. The molecule has 0 aromatic heterocycles. The molecule has 1 fully saturated rings. The molecule has 0 aliphatic carbocycles. The average molecular weight is 353 g/mol. The van der Waals surface area contributed by atoms with Gasteiger partial charge < -0.3 is 16.0 Å². The molecular weight excluding hydrogens is 328 g/mol. The van der Waals surface area contributed by atoms with E-state index in [9.17, 15) is 9.59 Å². The molecule has 1 atom stereocenters. The second-order valence-electron chi connectivity index (χ2n) is 6.28. The first-order valence-corrected chi connectivity index (χ1v) is 8.30. The smallest absolute Gasteiger partial charge is 0.321 e. The van der Waals surface area contributed by atoms with Crippen LogP contribution in [-0.4, -0.2) is 38.1 Å². The van der Waals surface area contributed by atoms with E-state index >= 15 is 0 Å². The topological polar surface area (TPSA) is 73.5 Å². The molecule has 6 nitrogen and oxygen atoms in total. The second-order valence-corrected chi connectivity index (χ2v) is 6.28. The van der Waals surface area contributed by atoms with Gasteiger partial charge in [-0.3, -0.25) is 9.69 Å². The van der Waals surface area contributed by atoms with Crippen molar-refractivity contribution in [2.45, 2.75) is 20.3 Å². The summed E-state index contributed by atoms with van der Waals surface area (Å²) in [6, 6.07) is 5.74. The van der Waals surface area contributed by atoms with Crippen molar-refractivity contribution in [3.8, 4) is 0 Å². The minimum atomic E-state index is -0.0800. The van der Waals surface area contributed by atoms with Crippen molar-refractivity contribution in [3.05, 3.63) is 23.8 Å². The maximum Gasteiger partial charge on any atom is 0.321 e. The Balaban J connectivity index is 0.00000208. The summed E-state index contributed by atoms with van der Waals surface area (Å²) < 4.78 is 0. The lowest BCUT2D eigenvalue weighted by Crippen LogP contribution is -2.48. The molecule has 3 rings (SSSR count). The highest BCUT2D eigenvalue weighted by Crippen LogP contribution is 2.31. The molecule has 2 heterocycles. The molecule has 2 aliphatic heterocycles. The Hall–Kier alpha value is -1.79. The van der Waals surface area contributed by atoms with Crippen LogP contribution in [0.2, 0.25) is 0 Å². The van der Waals surface area contributed by atoms with E-state index in [1.165, 1.54) is 0 Å². The van der Waals surface area contributed by atoms with Crippen LogP contribution in [0.15, 0.2) is 18.2 Å². The minimum absolute atomic E-state index is 0. The molecule has 0 spiro atoms. The van der Waals surface area contributed by atoms with Crippen molar-refractivity contribution in [3.63, 3.8) is 0 Å². The standard InChI is InChI=1S/C17H24N4O2.ClH/c1-3-19-17(23)21-7-6-12-4-5-14(8-15(12)21)20-16(22)11(2)13-9-18-10-13;/h4-5,8,11,13,18H,3,6-7,9-10H2,1-2H3,(H,19,23)(H,20,22);1H. The Labute approximate surface area is 148 Å². The Morgan fingerprint density at radius 2 is 2.12 bits per heavy atom. The van der Waals surface area contributed by atoms with Crippen LogP contribution >= 0.6 is 12.4 Å². The summed E-state index contributed by atoms with van der Waals surface area (Å²) in [6.45, 7) is 6.97. The van der Waals surface area contributed by atoms with E-state index in [4.69, 9.17) is 0 Å². The molecule has 2 aliphatic rings. The largest absolute Gasteiger partial charge is 0.338 e. The van der Waals surface area contributed by atoms with E-state index in [0.717, 1.165) is 36.4 Å². The van der Waals surface area contributed by atoms with Crippen LogP contribution in [-0.2, 0) is 11.2 Å². The molecule has 0 bridgehead atoms. The third-order valence-electron chi connectivity index (χ3n) is 4.76. The number of carbonyl (C=O) groups is 2. The van der Waals surface area contributed by atoms with Gasteiger partial charge in [0, 0.05) is 24.7 Å². The van der Waals surface area contributed by atoms with E-state index in [1.807, 2.05) is 32.0 Å². The van der Waals surface area contributed by atoms with Crippen LogP contribution in [0.5, 0.6) is 0 Å². The summed E-state index contributed by atoms with van der Waals surface area (Å²) in [5.74, 6) is 0.444. The van der Waals surface area contributed by atoms with Gasteiger partial charge in [0.05, 0.1) is 5.69 Å². The van der Waals surface area contributed by atoms with Crippen molar-refractivity contribution in [1.29, 1.82) is 0 Å². The predicted octanol–water partition coefficient (Wildman–Crippen LogP) is 1.99. The zero-order chi connectivity index (χ0) is 16.4. The van der Waals surface area contributed by atoms with Gasteiger partial charge >= 0.3 is 6.03 Å². The number of benzene rings is 1. The van der Waals surface area contributed by atoms with Crippen LogP contribution in [0, 0.1) is 11.8 Å². The Morgan fingerprint density at radius 3 is 2.75 bits per heavy atom. The molecule has 0 radical (unpaired) electrons. The van der Waals surface area contributed by atoms with Crippen molar-refractivity contribution < 1.29 is 9.59 Å². The van der Waals surface area contributed by atoms with Gasteiger partial charge in [-0.05, 0) is 50.0 Å². The van der Waals surface area contributed by atoms with Crippen LogP contribution in [0.3, 0.4) is 0 Å². The van der Waals surface area contributed by atoms with Crippen molar-refractivity contribution in [1.82, 2.24) is 10.6 Å². The zero-order valence-corrected chi connectivity index (χ0v) is 14.9. The van der Waals surface area contributed by atoms with Crippen LogP contribution in [0.25, 0.3) is 0 Å². The van der Waals surface area contributed by atoms with Crippen molar-refractivity contribution in [2.75, 3.05) is 36.4 Å². The Morgan fingerprint density at radius 1 is 1.38 bits per heavy atom. The SMILES string of the molecule is CCNC(=O)N1CCc2ccc(NC(=O)C(C)C3CNC3)cc21.Cl. The fourth-order valence-corrected chi connectivity index (χ4v) is 3.05. The molecule has 7 heteroatoms. The molecule has 24 heavy (non-hydrogen) atoms. The molecule has 1 aromatic rings. The molecule has 0 saturated carbocycles. The third kappa shape index (κ3) is 3.65. The third-order valence-corrected chi connectivity index (χ3v) is 4.76. The highest BCUT2D eigenvalue weighted by atomic mass is 35.5. The fraction of sp³-hybridized carbons (Fsp3) is 0.529. The van der Waals surface area contributed by atoms with Gasteiger partial charge in [-0.25, -0.2) is 4.79 Å². The minimum Gasteiger partial charge on any atom is -0.338 e. The molecule has 132 valence electrons. The molecular formula is C17H25ClN4O2. The zero-order valence-electron chi connectivity index (χ0n) is 14.1. The van der Waals surface area contributed by atoms with Gasteiger partial charge in [0.25, 0.3) is 0 Å². The number of nitrogens with one attached hydrogen (secondary N) is 3. The molecule has 3 N–H and O–H groups in total. The fourth-order valence-electron chi connectivity index (χ4n) is 3.05. The monoisotopic (exact) mass is 352 g/mol. The Bertz CT molecular complexity index is 619. The van der Waals surface area contributed by atoms with E-state index in [2.05, 4.69) is 16.0 Å². The molecule has 1 unspecified atom stereocenters. The molecule has 3 amide bonds. The maximum atomic E-state index is 12.3. The van der Waals surface area contributed by atoms with Gasteiger partial charge in [-0.1, -0.05) is 13.0 Å². The highest BCUT2D eigenvalue weighted by Gasteiger charge is 2.29. The summed E-state index contributed by atoms with van der Waals surface area (Å²) >= 11 is 0. The lowest BCUT2D eigenvalue weighted by atomic mass is 9.88. The van der Waals surface area contributed by atoms with Gasteiger partial charge in [0.2, 0.25) is 5.91 Å². The number of rotatable bonds is 4. The van der Waals surface area contributed by atoms with Gasteiger partial charge in [0.15, 0.2) is 0 Å². The predicted molar refractivity (Wildman–Crippen MR) is 98.0 cm³/mol. The number of urea groups is 1. The maximum absolute atomic E-state index is 12.3. The summed E-state index contributed by atoms with van der Waals surface area (Å²) in [5.41, 5.74) is 2.79. The number of hydrogen-bond acceptors (Lipinski definition) is 3. The number of halogens is 1. The Kier molecular flexibility index (Phi) is 6.07. The van der Waals surface area contributed by atoms with Crippen LogP contribution in [0.4, 0.5) is 16.2 Å². The van der Waals surface area contributed by atoms with Gasteiger partial charge in [-0.2, -0.15) is 0 Å².